The molecule has 0 unspecified atom stereocenters. The fourth-order valence-corrected chi connectivity index (χ4v) is 6.30. The minimum atomic E-state index is 0.163. The first-order chi connectivity index (χ1) is 17.2. The third-order valence-electron chi connectivity index (χ3n) is 8.36. The molecule has 2 saturated heterocycles. The molecule has 0 N–H and O–H groups in total. The summed E-state index contributed by atoms with van der Waals surface area (Å²) < 4.78 is 11.2. The van der Waals surface area contributed by atoms with Crippen molar-refractivity contribution in [3.63, 3.8) is 0 Å². The molecule has 0 aliphatic carbocycles. The summed E-state index contributed by atoms with van der Waals surface area (Å²) in [7, 11) is 3.98. The Hall–Kier alpha value is -2.70. The van der Waals surface area contributed by atoms with E-state index >= 15 is 0 Å². The van der Waals surface area contributed by atoms with Crippen LogP contribution in [0.1, 0.15) is 46.4 Å². The number of piperidine rings is 1. The third-order valence-corrected chi connectivity index (χ3v) is 8.36. The van der Waals surface area contributed by atoms with Gasteiger partial charge in [-0.1, -0.05) is 6.07 Å². The van der Waals surface area contributed by atoms with Gasteiger partial charge in [-0.15, -0.1) is 0 Å². The number of aromatic nitrogens is 2. The molecule has 0 saturated carbocycles. The van der Waals surface area contributed by atoms with Crippen molar-refractivity contribution in [3.05, 3.63) is 48.4 Å². The molecule has 6 nitrogen and oxygen atoms in total. The highest BCUT2D eigenvalue weighted by atomic mass is 16.5. The van der Waals surface area contributed by atoms with Crippen LogP contribution in [0.15, 0.2) is 42.6 Å². The predicted molar refractivity (Wildman–Crippen MR) is 147 cm³/mol. The van der Waals surface area contributed by atoms with Crippen LogP contribution in [0.4, 0.5) is 5.69 Å². The number of methoxy groups -OCH3 is 1. The summed E-state index contributed by atoms with van der Waals surface area (Å²) in [4.78, 5) is 14.7. The zero-order valence-electron chi connectivity index (χ0n) is 22.7. The van der Waals surface area contributed by atoms with E-state index in [9.17, 15) is 0 Å². The van der Waals surface area contributed by atoms with Crippen LogP contribution in [0.2, 0.25) is 0 Å². The zero-order chi connectivity index (χ0) is 25.5. The Labute approximate surface area is 215 Å². The lowest BCUT2D eigenvalue weighted by molar-refractivity contribution is -0.0300. The SMILES string of the molecule is COc1ccc2cc(-c3ccnc(CC4CC(C)(C)N(C)C(C)(C)C4)n3)cc(N3CCOCC3)c2c1. The Kier molecular flexibility index (Phi) is 6.69. The minimum absolute atomic E-state index is 0.163. The predicted octanol–water partition coefficient (Wildman–Crippen LogP) is 5.58. The van der Waals surface area contributed by atoms with Gasteiger partial charge in [-0.3, -0.25) is 4.90 Å². The molecule has 5 rings (SSSR count). The van der Waals surface area contributed by atoms with Crippen LogP contribution in [0, 0.1) is 5.92 Å². The van der Waals surface area contributed by atoms with Crippen LogP contribution in [0.25, 0.3) is 22.0 Å². The van der Waals surface area contributed by atoms with Crippen LogP contribution in [-0.2, 0) is 11.2 Å². The van der Waals surface area contributed by atoms with E-state index in [1.54, 1.807) is 7.11 Å². The number of fused-ring (bicyclic) bond motifs is 1. The average molecular weight is 489 g/mol. The third kappa shape index (κ3) is 4.94. The van der Waals surface area contributed by atoms with Crippen LogP contribution in [-0.4, -0.2) is 66.4 Å². The first kappa shape index (κ1) is 25.0. The number of ether oxygens (including phenoxy) is 2. The van der Waals surface area contributed by atoms with Gasteiger partial charge in [0.15, 0.2) is 0 Å². The van der Waals surface area contributed by atoms with Gasteiger partial charge in [0.1, 0.15) is 11.6 Å². The maximum Gasteiger partial charge on any atom is 0.129 e. The molecule has 0 amide bonds. The van der Waals surface area contributed by atoms with E-state index in [4.69, 9.17) is 19.4 Å². The summed E-state index contributed by atoms with van der Waals surface area (Å²) in [5.41, 5.74) is 3.65. The van der Waals surface area contributed by atoms with Crippen molar-refractivity contribution in [3.8, 4) is 17.0 Å². The van der Waals surface area contributed by atoms with Crippen molar-refractivity contribution >= 4 is 16.5 Å². The van der Waals surface area contributed by atoms with Gasteiger partial charge in [-0.2, -0.15) is 0 Å². The van der Waals surface area contributed by atoms with Gasteiger partial charge in [-0.05, 0) is 89.2 Å². The number of rotatable bonds is 5. The highest BCUT2D eigenvalue weighted by Crippen LogP contribution is 2.41. The second-order valence-corrected chi connectivity index (χ2v) is 11.7. The number of hydrogen-bond donors (Lipinski definition) is 0. The van der Waals surface area contributed by atoms with Crippen molar-refractivity contribution in [1.29, 1.82) is 0 Å². The largest absolute Gasteiger partial charge is 0.497 e. The van der Waals surface area contributed by atoms with Gasteiger partial charge in [-0.25, -0.2) is 9.97 Å². The van der Waals surface area contributed by atoms with E-state index in [1.165, 1.54) is 16.5 Å². The van der Waals surface area contributed by atoms with Crippen LogP contribution >= 0.6 is 0 Å². The van der Waals surface area contributed by atoms with E-state index < -0.39 is 0 Å². The molecule has 2 aromatic carbocycles. The lowest BCUT2D eigenvalue weighted by Gasteiger charge is -2.53. The van der Waals surface area contributed by atoms with Crippen molar-refractivity contribution in [2.45, 2.75) is 58.0 Å². The highest BCUT2D eigenvalue weighted by Gasteiger charge is 2.43. The fraction of sp³-hybridized carbons (Fsp3) is 0.533. The molecular formula is C30H40N4O2. The highest BCUT2D eigenvalue weighted by molar-refractivity contribution is 5.98. The lowest BCUT2D eigenvalue weighted by atomic mass is 9.73. The molecule has 6 heteroatoms. The molecule has 2 aliphatic heterocycles. The molecule has 192 valence electrons. The molecule has 2 fully saturated rings. The molecule has 3 aromatic rings. The number of hydrogen-bond acceptors (Lipinski definition) is 6. The first-order valence-corrected chi connectivity index (χ1v) is 13.2. The summed E-state index contributed by atoms with van der Waals surface area (Å²) in [6.45, 7) is 12.7. The summed E-state index contributed by atoms with van der Waals surface area (Å²) in [6, 6.07) is 12.9. The lowest BCUT2D eigenvalue weighted by Crippen LogP contribution is -2.58. The maximum atomic E-state index is 5.63. The summed E-state index contributed by atoms with van der Waals surface area (Å²) in [5.74, 6) is 2.38. The molecule has 36 heavy (non-hydrogen) atoms. The van der Waals surface area contributed by atoms with Crippen LogP contribution < -0.4 is 9.64 Å². The Balaban J connectivity index is 1.48. The molecule has 3 heterocycles. The van der Waals surface area contributed by atoms with Crippen molar-refractivity contribution in [2.75, 3.05) is 45.4 Å². The van der Waals surface area contributed by atoms with E-state index in [0.29, 0.717) is 5.92 Å². The smallest absolute Gasteiger partial charge is 0.129 e. The quantitative estimate of drug-likeness (QED) is 0.467. The second kappa shape index (κ2) is 9.64. The minimum Gasteiger partial charge on any atom is -0.497 e. The zero-order valence-corrected chi connectivity index (χ0v) is 22.7. The normalized spacial score (nSPS) is 20.6. The summed E-state index contributed by atoms with van der Waals surface area (Å²) in [5, 5.41) is 2.39. The van der Waals surface area contributed by atoms with E-state index in [2.05, 4.69) is 68.8 Å². The van der Waals surface area contributed by atoms with Crippen LogP contribution in [0.3, 0.4) is 0 Å². The number of morpholine rings is 1. The van der Waals surface area contributed by atoms with Crippen LogP contribution in [0.5, 0.6) is 5.75 Å². The summed E-state index contributed by atoms with van der Waals surface area (Å²) in [6.07, 6.45) is 5.14. The van der Waals surface area contributed by atoms with Gasteiger partial charge >= 0.3 is 0 Å². The second-order valence-electron chi connectivity index (χ2n) is 11.7. The molecule has 0 spiro atoms. The Morgan fingerprint density at radius 1 is 1.00 bits per heavy atom. The van der Waals surface area contributed by atoms with Gasteiger partial charge < -0.3 is 14.4 Å². The van der Waals surface area contributed by atoms with Crippen molar-refractivity contribution in [2.24, 2.45) is 5.92 Å². The molecule has 0 radical (unpaired) electrons. The van der Waals surface area contributed by atoms with Crippen molar-refractivity contribution in [1.82, 2.24) is 14.9 Å². The Morgan fingerprint density at radius 2 is 1.72 bits per heavy atom. The van der Waals surface area contributed by atoms with Crippen molar-refractivity contribution < 1.29 is 9.47 Å². The van der Waals surface area contributed by atoms with Gasteiger partial charge in [0.05, 0.1) is 26.0 Å². The number of likely N-dealkylation sites (tertiary alicyclic amines) is 1. The summed E-state index contributed by atoms with van der Waals surface area (Å²) >= 11 is 0. The van der Waals surface area contributed by atoms with E-state index in [-0.39, 0.29) is 11.1 Å². The molecule has 0 bridgehead atoms. The monoisotopic (exact) mass is 488 g/mol. The van der Waals surface area contributed by atoms with E-state index in [0.717, 1.165) is 68.4 Å². The topological polar surface area (TPSA) is 50.7 Å². The maximum absolute atomic E-state index is 5.63. The first-order valence-electron chi connectivity index (χ1n) is 13.2. The standard InChI is InChI=1S/C30H40N4O2/c1-29(2)19-21(20-30(3,4)33(29)5)15-28-31-10-9-26(32-28)23-16-22-7-8-24(35-6)18-25(22)27(17-23)34-11-13-36-14-12-34/h7-10,16-18,21H,11-15,19-20H2,1-6H3. The Morgan fingerprint density at radius 3 is 2.42 bits per heavy atom. The number of anilines is 1. The molecule has 0 atom stereocenters. The molecule has 2 aliphatic rings. The number of benzene rings is 2. The van der Waals surface area contributed by atoms with E-state index in [1.807, 2.05) is 18.3 Å². The van der Waals surface area contributed by atoms with Gasteiger partial charge in [0, 0.05) is 53.4 Å². The van der Waals surface area contributed by atoms with Gasteiger partial charge in [0.25, 0.3) is 0 Å². The Bertz CT molecular complexity index is 1210. The van der Waals surface area contributed by atoms with Gasteiger partial charge in [0.2, 0.25) is 0 Å². The molecular weight excluding hydrogens is 448 g/mol. The molecule has 1 aromatic heterocycles. The average Bonchev–Trinajstić information content (AvgIpc) is 2.86. The fourth-order valence-electron chi connectivity index (χ4n) is 6.30. The number of nitrogens with zero attached hydrogens (tertiary/aromatic N) is 4.